The lowest BCUT2D eigenvalue weighted by Gasteiger charge is -2.25. The first kappa shape index (κ1) is 11.7. The molecule has 0 aromatic heterocycles. The van der Waals surface area contributed by atoms with Crippen LogP contribution in [0.2, 0.25) is 0 Å². The van der Waals surface area contributed by atoms with Crippen LogP contribution in [0.5, 0.6) is 0 Å². The fourth-order valence-corrected chi connectivity index (χ4v) is 5.44. The van der Waals surface area contributed by atoms with Gasteiger partial charge in [-0.1, -0.05) is 12.8 Å². The molecule has 3 heteroatoms. The zero-order chi connectivity index (χ0) is 11.0. The lowest BCUT2D eigenvalue weighted by Crippen LogP contribution is -2.27. The molecule has 3 rings (SSSR count). The molecule has 2 saturated heterocycles. The number of ether oxygens (including phenoxy) is 1. The Hall–Kier alpha value is 0.600. The van der Waals surface area contributed by atoms with Crippen LogP contribution < -0.4 is 0 Å². The highest BCUT2D eigenvalue weighted by atomic mass is 35.5. The van der Waals surface area contributed by atoms with Crippen LogP contribution in [0.25, 0.3) is 0 Å². The maximum Gasteiger partial charge on any atom is 0.0687 e. The van der Waals surface area contributed by atoms with Crippen LogP contribution in [0.3, 0.4) is 0 Å². The average Bonchev–Trinajstić information content (AvgIpc) is 2.96. The second-order valence-electron chi connectivity index (χ2n) is 5.72. The predicted octanol–water partition coefficient (Wildman–Crippen LogP) is 3.84. The first-order chi connectivity index (χ1) is 7.77. The quantitative estimate of drug-likeness (QED) is 0.698. The van der Waals surface area contributed by atoms with Crippen LogP contribution in [0.1, 0.15) is 44.9 Å². The van der Waals surface area contributed by atoms with Gasteiger partial charge in [0.25, 0.3) is 0 Å². The van der Waals surface area contributed by atoms with Gasteiger partial charge >= 0.3 is 0 Å². The van der Waals surface area contributed by atoms with Crippen molar-refractivity contribution in [3.8, 4) is 0 Å². The molecule has 92 valence electrons. The topological polar surface area (TPSA) is 9.23 Å². The maximum atomic E-state index is 6.35. The molecule has 3 fully saturated rings. The Morgan fingerprint density at radius 1 is 1.19 bits per heavy atom. The van der Waals surface area contributed by atoms with Crippen molar-refractivity contribution in [1.82, 2.24) is 0 Å². The molecule has 0 radical (unpaired) electrons. The van der Waals surface area contributed by atoms with Crippen LogP contribution in [0, 0.1) is 5.92 Å². The summed E-state index contributed by atoms with van der Waals surface area (Å²) in [6.45, 7) is 0. The second-order valence-corrected chi connectivity index (χ2v) is 7.35. The summed E-state index contributed by atoms with van der Waals surface area (Å²) in [5.74, 6) is 3.10. The molecule has 1 aliphatic carbocycles. The number of alkyl halides is 1. The van der Waals surface area contributed by atoms with Crippen molar-refractivity contribution < 1.29 is 4.74 Å². The summed E-state index contributed by atoms with van der Waals surface area (Å²) in [5, 5.41) is 0.397. The highest BCUT2D eigenvalue weighted by Gasteiger charge is 2.43. The van der Waals surface area contributed by atoms with Gasteiger partial charge in [-0.15, -0.1) is 11.6 Å². The van der Waals surface area contributed by atoms with Gasteiger partial charge in [0, 0.05) is 11.1 Å². The van der Waals surface area contributed by atoms with E-state index in [0.29, 0.717) is 23.0 Å². The molecule has 1 spiro atoms. The Balaban J connectivity index is 1.53. The van der Waals surface area contributed by atoms with Crippen molar-refractivity contribution in [2.75, 3.05) is 11.5 Å². The molecular weight excluding hydrogens is 240 g/mol. The van der Waals surface area contributed by atoms with E-state index in [0.717, 1.165) is 5.75 Å². The summed E-state index contributed by atoms with van der Waals surface area (Å²) < 4.78 is 6.35. The third-order valence-corrected chi connectivity index (χ3v) is 6.49. The van der Waals surface area contributed by atoms with E-state index in [1.807, 2.05) is 11.8 Å². The molecule has 3 unspecified atom stereocenters. The van der Waals surface area contributed by atoms with Crippen molar-refractivity contribution in [3.05, 3.63) is 0 Å². The Kier molecular flexibility index (Phi) is 3.43. The van der Waals surface area contributed by atoms with Crippen molar-refractivity contribution in [2.24, 2.45) is 5.92 Å². The minimum absolute atomic E-state index is 0.304. The largest absolute Gasteiger partial charge is 0.372 e. The maximum absolute atomic E-state index is 6.35. The van der Waals surface area contributed by atoms with E-state index < -0.39 is 0 Å². The summed E-state index contributed by atoms with van der Waals surface area (Å²) in [6.07, 6.45) is 9.70. The molecular formula is C13H21ClOS. The second kappa shape index (κ2) is 4.70. The molecule has 1 saturated carbocycles. The molecule has 3 atom stereocenters. The van der Waals surface area contributed by atoms with Gasteiger partial charge in [-0.25, -0.2) is 0 Å². The van der Waals surface area contributed by atoms with Gasteiger partial charge in [0.2, 0.25) is 0 Å². The van der Waals surface area contributed by atoms with Crippen LogP contribution in [-0.4, -0.2) is 28.6 Å². The number of hydrogen-bond donors (Lipinski definition) is 0. The van der Waals surface area contributed by atoms with Crippen LogP contribution >= 0.6 is 23.4 Å². The van der Waals surface area contributed by atoms with E-state index in [9.17, 15) is 0 Å². The molecule has 3 aliphatic rings. The first-order valence-corrected chi connectivity index (χ1v) is 8.26. The summed E-state index contributed by atoms with van der Waals surface area (Å²) in [6, 6.07) is 0. The average molecular weight is 261 g/mol. The van der Waals surface area contributed by atoms with Gasteiger partial charge in [0.15, 0.2) is 0 Å². The minimum atomic E-state index is 0.304. The smallest absolute Gasteiger partial charge is 0.0687 e. The van der Waals surface area contributed by atoms with Gasteiger partial charge in [-0.3, -0.25) is 0 Å². The summed E-state index contributed by atoms with van der Waals surface area (Å²) in [7, 11) is 0. The van der Waals surface area contributed by atoms with Crippen LogP contribution in [-0.2, 0) is 4.74 Å². The Bertz CT molecular complexity index is 252. The van der Waals surface area contributed by atoms with E-state index in [2.05, 4.69) is 0 Å². The highest BCUT2D eigenvalue weighted by Crippen LogP contribution is 2.45. The predicted molar refractivity (Wildman–Crippen MR) is 70.4 cm³/mol. The van der Waals surface area contributed by atoms with Crippen molar-refractivity contribution in [3.63, 3.8) is 0 Å². The molecule has 0 amide bonds. The number of hydrogen-bond acceptors (Lipinski definition) is 2. The molecule has 16 heavy (non-hydrogen) atoms. The molecule has 2 heterocycles. The standard InChI is InChI=1S/C13H21ClOS/c14-12-9-16-8-10(12)7-11-3-6-13(15-11)4-1-2-5-13/h10-12H,1-9H2. The summed E-state index contributed by atoms with van der Waals surface area (Å²) in [5.41, 5.74) is 0.304. The van der Waals surface area contributed by atoms with E-state index in [-0.39, 0.29) is 0 Å². The Morgan fingerprint density at radius 3 is 2.69 bits per heavy atom. The van der Waals surface area contributed by atoms with Gasteiger partial charge in [-0.2, -0.15) is 11.8 Å². The first-order valence-electron chi connectivity index (χ1n) is 6.67. The number of rotatable bonds is 2. The molecule has 2 aliphatic heterocycles. The van der Waals surface area contributed by atoms with Gasteiger partial charge in [-0.05, 0) is 43.8 Å². The zero-order valence-electron chi connectivity index (χ0n) is 9.79. The monoisotopic (exact) mass is 260 g/mol. The third kappa shape index (κ3) is 2.26. The van der Waals surface area contributed by atoms with Crippen molar-refractivity contribution in [1.29, 1.82) is 0 Å². The van der Waals surface area contributed by atoms with E-state index >= 15 is 0 Å². The van der Waals surface area contributed by atoms with Crippen molar-refractivity contribution in [2.45, 2.75) is 62.0 Å². The number of halogens is 1. The Labute approximate surface area is 108 Å². The number of thioether (sulfide) groups is 1. The van der Waals surface area contributed by atoms with Crippen LogP contribution in [0.4, 0.5) is 0 Å². The molecule has 0 aromatic carbocycles. The SMILES string of the molecule is ClC1CSCC1CC1CCC2(CCCC2)O1. The lowest BCUT2D eigenvalue weighted by molar-refractivity contribution is -0.0429. The molecule has 1 nitrogen and oxygen atoms in total. The summed E-state index contributed by atoms with van der Waals surface area (Å²) >= 11 is 8.34. The van der Waals surface area contributed by atoms with Gasteiger partial charge in [0.1, 0.15) is 0 Å². The molecule has 0 bridgehead atoms. The summed E-state index contributed by atoms with van der Waals surface area (Å²) in [4.78, 5) is 0. The lowest BCUT2D eigenvalue weighted by atomic mass is 9.96. The van der Waals surface area contributed by atoms with Gasteiger partial charge < -0.3 is 4.74 Å². The molecule has 0 N–H and O–H groups in total. The van der Waals surface area contributed by atoms with E-state index in [1.54, 1.807) is 0 Å². The third-order valence-electron chi connectivity index (χ3n) is 4.54. The highest BCUT2D eigenvalue weighted by molar-refractivity contribution is 7.99. The molecule has 0 aromatic rings. The van der Waals surface area contributed by atoms with E-state index in [1.165, 1.54) is 50.7 Å². The minimum Gasteiger partial charge on any atom is -0.372 e. The van der Waals surface area contributed by atoms with Gasteiger partial charge in [0.05, 0.1) is 11.7 Å². The van der Waals surface area contributed by atoms with E-state index in [4.69, 9.17) is 16.3 Å². The normalized spacial score (nSPS) is 42.2. The zero-order valence-corrected chi connectivity index (χ0v) is 11.4. The van der Waals surface area contributed by atoms with Crippen LogP contribution in [0.15, 0.2) is 0 Å². The fraction of sp³-hybridized carbons (Fsp3) is 1.00. The fourth-order valence-electron chi connectivity index (χ4n) is 3.57. The van der Waals surface area contributed by atoms with Crippen molar-refractivity contribution >= 4 is 23.4 Å². The Morgan fingerprint density at radius 2 is 2.00 bits per heavy atom.